The van der Waals surface area contributed by atoms with Crippen molar-refractivity contribution in [3.8, 4) is 11.5 Å². The van der Waals surface area contributed by atoms with Crippen LogP contribution < -0.4 is 14.8 Å². The molecule has 1 N–H and O–H groups in total. The minimum Gasteiger partial charge on any atom is -0.497 e. The Morgan fingerprint density at radius 1 is 1.17 bits per heavy atom. The van der Waals surface area contributed by atoms with Crippen LogP contribution in [0.1, 0.15) is 5.56 Å². The number of carbonyl (C=O) groups excluding carboxylic acids is 2. The van der Waals surface area contributed by atoms with E-state index in [1.807, 2.05) is 0 Å². The highest BCUT2D eigenvalue weighted by Crippen LogP contribution is 2.27. The molecule has 1 aliphatic heterocycles. The highest BCUT2D eigenvalue weighted by Gasteiger charge is 2.34. The molecule has 1 aliphatic rings. The quantitative estimate of drug-likeness (QED) is 0.797. The molecule has 3 rings (SSSR count). The van der Waals surface area contributed by atoms with Crippen molar-refractivity contribution in [2.75, 3.05) is 32.8 Å². The highest BCUT2D eigenvalue weighted by atomic mass is 19.1. The number of hydrogen-bond donors (Lipinski definition) is 1. The van der Waals surface area contributed by atoms with E-state index < -0.39 is 23.6 Å². The molecule has 0 aliphatic carbocycles. The number of methoxy groups -OCH3 is 2. The monoisotopic (exact) mass is 406 g/mol. The lowest BCUT2D eigenvalue weighted by atomic mass is 10.1. The fraction of sp³-hybridized carbons (Fsp3) is 0.300. The number of nitrogens with one attached hydrogen (secondary N) is 1. The molecule has 2 amide bonds. The second-order valence-electron chi connectivity index (χ2n) is 6.38. The molecule has 0 spiro atoms. The van der Waals surface area contributed by atoms with Crippen molar-refractivity contribution in [3.05, 3.63) is 53.6 Å². The van der Waals surface area contributed by atoms with Crippen LogP contribution in [0, 0.1) is 11.6 Å². The summed E-state index contributed by atoms with van der Waals surface area (Å²) in [7, 11) is 3.01. The van der Waals surface area contributed by atoms with Gasteiger partial charge in [-0.1, -0.05) is 0 Å². The van der Waals surface area contributed by atoms with Crippen molar-refractivity contribution in [1.82, 2.24) is 4.90 Å². The molecule has 2 aromatic rings. The van der Waals surface area contributed by atoms with Crippen LogP contribution in [-0.2, 0) is 20.9 Å². The van der Waals surface area contributed by atoms with Gasteiger partial charge in [-0.25, -0.2) is 8.78 Å². The van der Waals surface area contributed by atoms with E-state index in [1.165, 1.54) is 19.1 Å². The smallest absolute Gasteiger partial charge is 0.249 e. The van der Waals surface area contributed by atoms with Crippen LogP contribution >= 0.6 is 0 Å². The van der Waals surface area contributed by atoms with Crippen LogP contribution in [0.2, 0.25) is 0 Å². The molecule has 0 bridgehead atoms. The first-order valence-corrected chi connectivity index (χ1v) is 8.76. The zero-order valence-corrected chi connectivity index (χ0v) is 15.9. The minimum atomic E-state index is -0.977. The second kappa shape index (κ2) is 8.87. The van der Waals surface area contributed by atoms with Gasteiger partial charge < -0.3 is 24.4 Å². The average molecular weight is 406 g/mol. The molecule has 2 aromatic carbocycles. The Morgan fingerprint density at radius 3 is 2.55 bits per heavy atom. The van der Waals surface area contributed by atoms with Gasteiger partial charge in [-0.3, -0.25) is 9.59 Å². The SMILES string of the molecule is COc1ccc(CN2C(=O)COC[C@H]2C(=O)Nc2cc(F)cc(F)c2)c(OC)c1. The Bertz CT molecular complexity index is 901. The number of nitrogens with zero attached hydrogens (tertiary/aromatic N) is 1. The number of morpholine rings is 1. The van der Waals surface area contributed by atoms with Gasteiger partial charge in [0.25, 0.3) is 0 Å². The Kier molecular flexibility index (Phi) is 6.28. The number of anilines is 1. The van der Waals surface area contributed by atoms with Crippen LogP contribution in [0.3, 0.4) is 0 Å². The van der Waals surface area contributed by atoms with Crippen molar-refractivity contribution in [2.45, 2.75) is 12.6 Å². The van der Waals surface area contributed by atoms with E-state index in [0.717, 1.165) is 12.1 Å². The van der Waals surface area contributed by atoms with Gasteiger partial charge in [-0.05, 0) is 24.3 Å². The van der Waals surface area contributed by atoms with Crippen LogP contribution in [0.4, 0.5) is 14.5 Å². The molecule has 0 unspecified atom stereocenters. The first kappa shape index (κ1) is 20.5. The van der Waals surface area contributed by atoms with E-state index in [1.54, 1.807) is 18.2 Å². The molecule has 1 fully saturated rings. The summed E-state index contributed by atoms with van der Waals surface area (Å²) >= 11 is 0. The van der Waals surface area contributed by atoms with Gasteiger partial charge in [0, 0.05) is 23.4 Å². The molecule has 0 saturated carbocycles. The molecule has 154 valence electrons. The maximum atomic E-state index is 13.4. The number of benzene rings is 2. The maximum absolute atomic E-state index is 13.4. The first-order chi connectivity index (χ1) is 13.9. The third-order valence-corrected chi connectivity index (χ3v) is 4.47. The lowest BCUT2D eigenvalue weighted by Gasteiger charge is -2.34. The lowest BCUT2D eigenvalue weighted by molar-refractivity contribution is -0.154. The molecule has 29 heavy (non-hydrogen) atoms. The molecule has 0 aromatic heterocycles. The topological polar surface area (TPSA) is 77.1 Å². The van der Waals surface area contributed by atoms with E-state index in [2.05, 4.69) is 5.32 Å². The van der Waals surface area contributed by atoms with E-state index in [0.29, 0.717) is 23.1 Å². The van der Waals surface area contributed by atoms with E-state index in [4.69, 9.17) is 14.2 Å². The van der Waals surface area contributed by atoms with Gasteiger partial charge in [0.15, 0.2) is 0 Å². The zero-order valence-electron chi connectivity index (χ0n) is 15.9. The molecule has 7 nitrogen and oxygen atoms in total. The van der Waals surface area contributed by atoms with Gasteiger partial charge in [0.1, 0.15) is 35.8 Å². The molecule has 9 heteroatoms. The summed E-state index contributed by atoms with van der Waals surface area (Å²) in [6.07, 6.45) is 0. The third kappa shape index (κ3) is 4.80. The largest absolute Gasteiger partial charge is 0.497 e. The minimum absolute atomic E-state index is 0.0478. The molecule has 1 saturated heterocycles. The average Bonchev–Trinajstić information content (AvgIpc) is 2.68. The van der Waals surface area contributed by atoms with Crippen LogP contribution in [-0.4, -0.2) is 50.2 Å². The van der Waals surface area contributed by atoms with Crippen LogP contribution in [0.5, 0.6) is 11.5 Å². The number of amides is 2. The molecular weight excluding hydrogens is 386 g/mol. The number of carbonyl (C=O) groups is 2. The summed E-state index contributed by atoms with van der Waals surface area (Å²) in [6.45, 7) is -0.129. The number of halogens is 2. The van der Waals surface area contributed by atoms with Crippen molar-refractivity contribution >= 4 is 17.5 Å². The fourth-order valence-corrected chi connectivity index (χ4v) is 3.04. The van der Waals surface area contributed by atoms with Gasteiger partial charge in [-0.15, -0.1) is 0 Å². The highest BCUT2D eigenvalue weighted by molar-refractivity contribution is 5.98. The Morgan fingerprint density at radius 2 is 1.90 bits per heavy atom. The van der Waals surface area contributed by atoms with Crippen molar-refractivity contribution in [1.29, 1.82) is 0 Å². The molecule has 1 heterocycles. The number of hydrogen-bond acceptors (Lipinski definition) is 5. The van der Waals surface area contributed by atoms with E-state index >= 15 is 0 Å². The predicted molar refractivity (Wildman–Crippen MR) is 99.7 cm³/mol. The maximum Gasteiger partial charge on any atom is 0.249 e. The van der Waals surface area contributed by atoms with Gasteiger partial charge >= 0.3 is 0 Å². The summed E-state index contributed by atoms with van der Waals surface area (Å²) in [5, 5.41) is 2.43. The number of rotatable bonds is 6. The Balaban J connectivity index is 1.82. The third-order valence-electron chi connectivity index (χ3n) is 4.47. The van der Waals surface area contributed by atoms with Crippen molar-refractivity contribution in [2.24, 2.45) is 0 Å². The zero-order chi connectivity index (χ0) is 21.0. The predicted octanol–water partition coefficient (Wildman–Crippen LogP) is 2.35. The summed E-state index contributed by atoms with van der Waals surface area (Å²) < 4.78 is 42.5. The van der Waals surface area contributed by atoms with Gasteiger partial charge in [0.2, 0.25) is 11.8 Å². The molecular formula is C20H20F2N2O5. The normalized spacial score (nSPS) is 16.5. The summed E-state index contributed by atoms with van der Waals surface area (Å²) in [4.78, 5) is 26.5. The fourth-order valence-electron chi connectivity index (χ4n) is 3.04. The molecule has 0 radical (unpaired) electrons. The van der Waals surface area contributed by atoms with Crippen molar-refractivity contribution < 1.29 is 32.6 Å². The molecule has 1 atom stereocenters. The Labute approximate surface area is 166 Å². The van der Waals surface area contributed by atoms with Gasteiger partial charge in [-0.2, -0.15) is 0 Å². The second-order valence-corrected chi connectivity index (χ2v) is 6.38. The summed E-state index contributed by atoms with van der Waals surface area (Å²) in [6, 6.07) is 6.82. The van der Waals surface area contributed by atoms with Crippen LogP contribution in [0.15, 0.2) is 36.4 Å². The van der Waals surface area contributed by atoms with Crippen molar-refractivity contribution in [3.63, 3.8) is 0 Å². The van der Waals surface area contributed by atoms with Crippen LogP contribution in [0.25, 0.3) is 0 Å². The number of ether oxygens (including phenoxy) is 3. The first-order valence-electron chi connectivity index (χ1n) is 8.76. The van der Waals surface area contributed by atoms with E-state index in [-0.39, 0.29) is 31.4 Å². The lowest BCUT2D eigenvalue weighted by Crippen LogP contribution is -2.54. The van der Waals surface area contributed by atoms with E-state index in [9.17, 15) is 18.4 Å². The summed E-state index contributed by atoms with van der Waals surface area (Å²) in [5.74, 6) is -1.57. The Hall–Kier alpha value is -3.20. The summed E-state index contributed by atoms with van der Waals surface area (Å²) in [5.41, 5.74) is 0.616. The van der Waals surface area contributed by atoms with Gasteiger partial charge in [0.05, 0.1) is 27.4 Å². The standard InChI is InChI=1S/C20H20F2N2O5/c1-27-16-4-3-12(18(8-16)28-2)9-24-17(10-29-11-19(24)25)20(26)23-15-6-13(21)5-14(22)7-15/h3-8,17H,9-11H2,1-2H3,(H,23,26)/t17-/m0/s1.